The smallest absolute Gasteiger partial charge is 0.416 e. The van der Waals surface area contributed by atoms with Gasteiger partial charge in [0, 0.05) is 23.6 Å². The lowest BCUT2D eigenvalue weighted by atomic mass is 10.1. The number of alkyl halides is 3. The van der Waals surface area contributed by atoms with Crippen LogP contribution in [0.15, 0.2) is 18.2 Å². The minimum Gasteiger partial charge on any atom is -0.481 e. The molecule has 4 nitrogen and oxygen atoms in total. The molecule has 0 spiro atoms. The topological polar surface area (TPSA) is 66.4 Å². The Morgan fingerprint density at radius 2 is 1.82 bits per heavy atom. The van der Waals surface area contributed by atoms with Gasteiger partial charge in [0.2, 0.25) is 0 Å². The summed E-state index contributed by atoms with van der Waals surface area (Å²) >= 11 is 5.60. The van der Waals surface area contributed by atoms with Crippen LogP contribution in [0.4, 0.5) is 13.2 Å². The fraction of sp³-hybridized carbons (Fsp3) is 0.429. The van der Waals surface area contributed by atoms with Gasteiger partial charge < -0.3 is 10.4 Å². The van der Waals surface area contributed by atoms with Gasteiger partial charge in [-0.25, -0.2) is 0 Å². The zero-order valence-corrected chi connectivity index (χ0v) is 12.3. The predicted octanol–water partition coefficient (Wildman–Crippen LogP) is 3.73. The van der Waals surface area contributed by atoms with Crippen molar-refractivity contribution in [2.24, 2.45) is 0 Å². The largest absolute Gasteiger partial charge is 0.481 e. The molecule has 1 aromatic rings. The number of carbonyl (C=O) groups excluding carboxylic acids is 1. The van der Waals surface area contributed by atoms with Gasteiger partial charge in [0.1, 0.15) is 0 Å². The Hall–Kier alpha value is -1.76. The number of rotatable bonds is 7. The van der Waals surface area contributed by atoms with Crippen molar-refractivity contribution in [2.45, 2.75) is 31.9 Å². The Kier molecular flexibility index (Phi) is 6.67. The van der Waals surface area contributed by atoms with Crippen molar-refractivity contribution in [1.82, 2.24) is 5.32 Å². The molecule has 1 aromatic carbocycles. The van der Waals surface area contributed by atoms with Gasteiger partial charge in [-0.2, -0.15) is 13.2 Å². The van der Waals surface area contributed by atoms with Gasteiger partial charge in [-0.05, 0) is 31.0 Å². The van der Waals surface area contributed by atoms with Crippen LogP contribution in [0.25, 0.3) is 0 Å². The molecule has 0 atom stereocenters. The highest BCUT2D eigenvalue weighted by molar-refractivity contribution is 6.31. The number of benzene rings is 1. The van der Waals surface area contributed by atoms with E-state index in [-0.39, 0.29) is 23.6 Å². The Morgan fingerprint density at radius 3 is 2.41 bits per heavy atom. The number of unbranched alkanes of at least 4 members (excludes halogenated alkanes) is 2. The van der Waals surface area contributed by atoms with E-state index in [9.17, 15) is 22.8 Å². The fourth-order valence-corrected chi connectivity index (χ4v) is 2.00. The van der Waals surface area contributed by atoms with Crippen LogP contribution < -0.4 is 5.32 Å². The number of hydrogen-bond acceptors (Lipinski definition) is 2. The summed E-state index contributed by atoms with van der Waals surface area (Å²) in [7, 11) is 0. The maximum absolute atomic E-state index is 12.6. The maximum atomic E-state index is 12.6. The molecule has 0 aliphatic carbocycles. The zero-order valence-electron chi connectivity index (χ0n) is 11.5. The summed E-state index contributed by atoms with van der Waals surface area (Å²) in [5.74, 6) is -1.53. The third kappa shape index (κ3) is 6.34. The fourth-order valence-electron chi connectivity index (χ4n) is 1.77. The highest BCUT2D eigenvalue weighted by Gasteiger charge is 2.31. The number of carboxylic acid groups (broad SMARTS) is 1. The minimum absolute atomic E-state index is 0.0528. The van der Waals surface area contributed by atoms with Crippen molar-refractivity contribution in [3.05, 3.63) is 34.3 Å². The predicted molar refractivity (Wildman–Crippen MR) is 74.9 cm³/mol. The van der Waals surface area contributed by atoms with Crippen molar-refractivity contribution in [2.75, 3.05) is 6.54 Å². The molecule has 122 valence electrons. The molecule has 0 aliphatic rings. The molecule has 0 bridgehead atoms. The van der Waals surface area contributed by atoms with E-state index in [1.54, 1.807) is 0 Å². The van der Waals surface area contributed by atoms with Crippen molar-refractivity contribution in [1.29, 1.82) is 0 Å². The van der Waals surface area contributed by atoms with Crippen LogP contribution in [0.2, 0.25) is 5.02 Å². The molecule has 2 N–H and O–H groups in total. The first-order valence-electron chi connectivity index (χ1n) is 6.58. The number of carbonyl (C=O) groups is 2. The van der Waals surface area contributed by atoms with Gasteiger partial charge in [0.05, 0.1) is 5.56 Å². The van der Waals surface area contributed by atoms with Crippen molar-refractivity contribution in [3.63, 3.8) is 0 Å². The summed E-state index contributed by atoms with van der Waals surface area (Å²) in [5.41, 5.74) is -1.14. The Morgan fingerprint density at radius 1 is 1.14 bits per heavy atom. The Labute approximate surface area is 130 Å². The Balaban J connectivity index is 2.52. The standard InChI is InChI=1S/C14H15ClF3NO3/c15-11-7-9(6-10(8-11)14(16,17)18)13(22)19-5-3-1-2-4-12(20)21/h6-8H,1-5H2,(H,19,22)(H,20,21). The zero-order chi connectivity index (χ0) is 16.8. The number of amides is 1. The number of aliphatic carboxylic acids is 1. The summed E-state index contributed by atoms with van der Waals surface area (Å²) < 4.78 is 37.9. The lowest BCUT2D eigenvalue weighted by molar-refractivity contribution is -0.138. The van der Waals surface area contributed by atoms with Crippen LogP contribution in [0.3, 0.4) is 0 Å². The normalized spacial score (nSPS) is 11.3. The lowest BCUT2D eigenvalue weighted by Crippen LogP contribution is -2.25. The molecular weight excluding hydrogens is 323 g/mol. The van der Waals surface area contributed by atoms with E-state index in [4.69, 9.17) is 16.7 Å². The van der Waals surface area contributed by atoms with Gasteiger partial charge in [-0.15, -0.1) is 0 Å². The average molecular weight is 338 g/mol. The van der Waals surface area contributed by atoms with Gasteiger partial charge in [0.15, 0.2) is 0 Å². The summed E-state index contributed by atoms with van der Waals surface area (Å²) in [6.07, 6.45) is -2.88. The van der Waals surface area contributed by atoms with Gasteiger partial charge in [-0.3, -0.25) is 9.59 Å². The molecule has 1 rings (SSSR count). The minimum atomic E-state index is -4.57. The first-order chi connectivity index (χ1) is 10.2. The summed E-state index contributed by atoms with van der Waals surface area (Å²) in [4.78, 5) is 22.1. The molecule has 0 radical (unpaired) electrons. The van der Waals surface area contributed by atoms with Gasteiger partial charge >= 0.3 is 12.1 Å². The van der Waals surface area contributed by atoms with E-state index >= 15 is 0 Å². The van der Waals surface area contributed by atoms with E-state index in [0.717, 1.165) is 18.2 Å². The SMILES string of the molecule is O=C(O)CCCCCNC(=O)c1cc(Cl)cc(C(F)(F)F)c1. The number of nitrogens with one attached hydrogen (secondary N) is 1. The van der Waals surface area contributed by atoms with Crippen LogP contribution in [0, 0.1) is 0 Å². The molecule has 1 amide bonds. The third-order valence-electron chi connectivity index (χ3n) is 2.84. The third-order valence-corrected chi connectivity index (χ3v) is 3.06. The lowest BCUT2D eigenvalue weighted by Gasteiger charge is -2.10. The molecule has 22 heavy (non-hydrogen) atoms. The van der Waals surface area contributed by atoms with Crippen LogP contribution in [-0.2, 0) is 11.0 Å². The molecule has 0 saturated carbocycles. The second-order valence-electron chi connectivity index (χ2n) is 4.69. The molecule has 0 unspecified atom stereocenters. The Bertz CT molecular complexity index is 547. The van der Waals surface area contributed by atoms with Crippen LogP contribution in [0.5, 0.6) is 0 Å². The first kappa shape index (κ1) is 18.3. The number of hydrogen-bond donors (Lipinski definition) is 2. The molecule has 0 aliphatic heterocycles. The van der Waals surface area contributed by atoms with Crippen LogP contribution in [-0.4, -0.2) is 23.5 Å². The molecular formula is C14H15ClF3NO3. The summed E-state index contributed by atoms with van der Waals surface area (Å²) in [6, 6.07) is 2.66. The maximum Gasteiger partial charge on any atom is 0.416 e. The quantitative estimate of drug-likeness (QED) is 0.745. The molecule has 0 aromatic heterocycles. The summed E-state index contributed by atoms with van der Waals surface area (Å²) in [6.45, 7) is 0.256. The van der Waals surface area contributed by atoms with Crippen LogP contribution in [0.1, 0.15) is 41.6 Å². The second-order valence-corrected chi connectivity index (χ2v) is 5.12. The van der Waals surface area contributed by atoms with Crippen molar-refractivity contribution < 1.29 is 27.9 Å². The van der Waals surface area contributed by atoms with E-state index < -0.39 is 23.6 Å². The second kappa shape index (κ2) is 8.03. The monoisotopic (exact) mass is 337 g/mol. The highest BCUT2D eigenvalue weighted by atomic mass is 35.5. The number of halogens is 4. The van der Waals surface area contributed by atoms with E-state index in [0.29, 0.717) is 19.3 Å². The molecule has 8 heteroatoms. The summed E-state index contributed by atoms with van der Waals surface area (Å²) in [5, 5.41) is 10.8. The van der Waals surface area contributed by atoms with Crippen molar-refractivity contribution in [3.8, 4) is 0 Å². The number of carboxylic acids is 1. The van der Waals surface area contributed by atoms with Gasteiger partial charge in [0.25, 0.3) is 5.91 Å². The van der Waals surface area contributed by atoms with Crippen LogP contribution >= 0.6 is 11.6 Å². The first-order valence-corrected chi connectivity index (χ1v) is 6.95. The highest BCUT2D eigenvalue weighted by Crippen LogP contribution is 2.31. The van der Waals surface area contributed by atoms with Gasteiger partial charge in [-0.1, -0.05) is 18.0 Å². The molecule has 0 saturated heterocycles. The van der Waals surface area contributed by atoms with Crippen molar-refractivity contribution >= 4 is 23.5 Å². The van der Waals surface area contributed by atoms with E-state index in [2.05, 4.69) is 5.32 Å². The van der Waals surface area contributed by atoms with E-state index in [1.165, 1.54) is 0 Å². The molecule has 0 heterocycles. The van der Waals surface area contributed by atoms with E-state index in [1.807, 2.05) is 0 Å². The molecule has 0 fully saturated rings. The average Bonchev–Trinajstić information content (AvgIpc) is 2.40.